The Bertz CT molecular complexity index is 298. The number of unbranched alkanes of at least 4 members (excludes halogenated alkanes) is 1. The molecule has 0 atom stereocenters. The van der Waals surface area contributed by atoms with Gasteiger partial charge in [0.25, 0.3) is 0 Å². The maximum Gasteiger partial charge on any atom is 0.145 e. The van der Waals surface area contributed by atoms with E-state index in [1.165, 1.54) is 5.56 Å². The topological polar surface area (TPSA) is 17.1 Å². The van der Waals surface area contributed by atoms with Gasteiger partial charge in [0.2, 0.25) is 0 Å². The molecule has 0 radical (unpaired) electrons. The van der Waals surface area contributed by atoms with Crippen molar-refractivity contribution in [1.29, 1.82) is 0 Å². The van der Waals surface area contributed by atoms with Crippen LogP contribution in [0.4, 0.5) is 0 Å². The van der Waals surface area contributed by atoms with Crippen molar-refractivity contribution in [2.24, 2.45) is 0 Å². The van der Waals surface area contributed by atoms with Gasteiger partial charge >= 0.3 is 0 Å². The third-order valence-electron chi connectivity index (χ3n) is 2.16. The maximum atomic E-state index is 10.3. The first-order valence-electron chi connectivity index (χ1n) is 4.99. The lowest BCUT2D eigenvalue weighted by Gasteiger charge is -1.98. The molecule has 0 spiro atoms. The highest BCUT2D eigenvalue weighted by molar-refractivity contribution is 5.71. The number of rotatable bonds is 5. The highest BCUT2D eigenvalue weighted by atomic mass is 16.1. The molecule has 0 saturated carbocycles. The van der Waals surface area contributed by atoms with Crippen LogP contribution < -0.4 is 0 Å². The number of carbonyl (C=O) groups excluding carboxylic acids is 1. The van der Waals surface area contributed by atoms with Crippen LogP contribution in [0, 0.1) is 0 Å². The fourth-order valence-corrected chi connectivity index (χ4v) is 1.33. The van der Waals surface area contributed by atoms with E-state index in [4.69, 9.17) is 0 Å². The highest BCUT2D eigenvalue weighted by Gasteiger charge is 1.90. The molecular weight excluding hydrogens is 172 g/mol. The van der Waals surface area contributed by atoms with Crippen molar-refractivity contribution in [2.45, 2.75) is 26.2 Å². The molecule has 1 heteroatoms. The van der Waals surface area contributed by atoms with Crippen LogP contribution in [0.2, 0.25) is 0 Å². The predicted octanol–water partition coefficient (Wildman–Crippen LogP) is 3.15. The summed E-state index contributed by atoms with van der Waals surface area (Å²) in [5.41, 5.74) is 2.20. The van der Waals surface area contributed by atoms with Gasteiger partial charge in [0.05, 0.1) is 0 Å². The Morgan fingerprint density at radius 3 is 2.64 bits per heavy atom. The Hall–Kier alpha value is -1.37. The smallest absolute Gasteiger partial charge is 0.145 e. The van der Waals surface area contributed by atoms with Crippen LogP contribution in [0.25, 0.3) is 0 Å². The molecule has 0 N–H and O–H groups in total. The van der Waals surface area contributed by atoms with E-state index in [9.17, 15) is 4.79 Å². The van der Waals surface area contributed by atoms with Crippen LogP contribution in [0.1, 0.15) is 25.3 Å². The standard InChI is InChI=1S/C13H16O/c1-12(11-14)7-5-6-10-13-8-3-2-4-9-13/h2-4,7-9,11H,5-6,10H2,1H3. The van der Waals surface area contributed by atoms with E-state index < -0.39 is 0 Å². The summed E-state index contributed by atoms with van der Waals surface area (Å²) in [4.78, 5) is 10.3. The van der Waals surface area contributed by atoms with E-state index in [0.717, 1.165) is 31.1 Å². The number of aldehydes is 1. The van der Waals surface area contributed by atoms with E-state index in [1.807, 2.05) is 19.1 Å². The Morgan fingerprint density at radius 2 is 2.00 bits per heavy atom. The van der Waals surface area contributed by atoms with Gasteiger partial charge in [-0.1, -0.05) is 36.4 Å². The van der Waals surface area contributed by atoms with Crippen LogP contribution in [-0.2, 0) is 11.2 Å². The number of aryl methyl sites for hydroxylation is 1. The molecule has 0 saturated heterocycles. The lowest BCUT2D eigenvalue weighted by atomic mass is 10.1. The van der Waals surface area contributed by atoms with Gasteiger partial charge < -0.3 is 0 Å². The molecule has 0 heterocycles. The first-order valence-corrected chi connectivity index (χ1v) is 4.99. The van der Waals surface area contributed by atoms with Crippen molar-refractivity contribution in [3.63, 3.8) is 0 Å². The Morgan fingerprint density at radius 1 is 1.29 bits per heavy atom. The van der Waals surface area contributed by atoms with Crippen molar-refractivity contribution in [3.8, 4) is 0 Å². The quantitative estimate of drug-likeness (QED) is 0.394. The van der Waals surface area contributed by atoms with Crippen LogP contribution in [-0.4, -0.2) is 6.29 Å². The number of benzene rings is 1. The minimum absolute atomic E-state index is 0.832. The number of hydrogen-bond donors (Lipinski definition) is 0. The summed E-state index contributed by atoms with van der Waals surface area (Å²) in [5.74, 6) is 0. The Balaban J connectivity index is 2.26. The van der Waals surface area contributed by atoms with E-state index >= 15 is 0 Å². The zero-order chi connectivity index (χ0) is 10.2. The fourth-order valence-electron chi connectivity index (χ4n) is 1.33. The molecule has 0 aliphatic carbocycles. The van der Waals surface area contributed by atoms with Crippen LogP contribution in [0.15, 0.2) is 42.0 Å². The van der Waals surface area contributed by atoms with E-state index in [2.05, 4.69) is 24.3 Å². The predicted molar refractivity (Wildman–Crippen MR) is 59.2 cm³/mol. The minimum Gasteiger partial charge on any atom is -0.298 e. The van der Waals surface area contributed by atoms with Crippen LogP contribution in [0.5, 0.6) is 0 Å². The zero-order valence-electron chi connectivity index (χ0n) is 8.57. The zero-order valence-corrected chi connectivity index (χ0v) is 8.57. The van der Waals surface area contributed by atoms with Crippen molar-refractivity contribution in [3.05, 3.63) is 47.5 Å². The first kappa shape index (κ1) is 10.7. The summed E-state index contributed by atoms with van der Waals surface area (Å²) in [6.07, 6.45) is 6.08. The van der Waals surface area contributed by atoms with Gasteiger partial charge in [0, 0.05) is 0 Å². The molecule has 74 valence electrons. The van der Waals surface area contributed by atoms with Gasteiger partial charge in [0.15, 0.2) is 0 Å². The van der Waals surface area contributed by atoms with Gasteiger partial charge in [-0.15, -0.1) is 0 Å². The van der Waals surface area contributed by atoms with Crippen molar-refractivity contribution in [1.82, 2.24) is 0 Å². The molecule has 1 nitrogen and oxygen atoms in total. The Labute approximate surface area is 85.5 Å². The van der Waals surface area contributed by atoms with Crippen LogP contribution >= 0.6 is 0 Å². The maximum absolute atomic E-state index is 10.3. The lowest BCUT2D eigenvalue weighted by molar-refractivity contribution is -0.104. The molecule has 1 rings (SSSR count). The lowest BCUT2D eigenvalue weighted by Crippen LogP contribution is -1.84. The third kappa shape index (κ3) is 4.04. The first-order chi connectivity index (χ1) is 6.83. The number of allylic oxidation sites excluding steroid dienone is 2. The molecule has 0 unspecified atom stereocenters. The summed E-state index contributed by atoms with van der Waals surface area (Å²) in [7, 11) is 0. The molecule has 0 aromatic heterocycles. The SMILES string of the molecule is CC(C=O)=CCCCc1ccccc1. The molecule has 0 aliphatic heterocycles. The normalized spacial score (nSPS) is 11.4. The summed E-state index contributed by atoms with van der Waals surface area (Å²) in [6.45, 7) is 1.84. The van der Waals surface area contributed by atoms with Gasteiger partial charge in [0.1, 0.15) is 6.29 Å². The fraction of sp³-hybridized carbons (Fsp3) is 0.308. The molecule has 14 heavy (non-hydrogen) atoms. The molecule has 0 aliphatic rings. The second kappa shape index (κ2) is 6.14. The molecule has 0 amide bonds. The summed E-state index contributed by atoms with van der Waals surface area (Å²) in [6, 6.07) is 10.4. The van der Waals surface area contributed by atoms with Gasteiger partial charge in [-0.3, -0.25) is 4.79 Å². The second-order valence-electron chi connectivity index (χ2n) is 3.44. The highest BCUT2D eigenvalue weighted by Crippen LogP contribution is 2.05. The van der Waals surface area contributed by atoms with Crippen molar-refractivity contribution >= 4 is 6.29 Å². The summed E-state index contributed by atoms with van der Waals surface area (Å²) < 4.78 is 0. The summed E-state index contributed by atoms with van der Waals surface area (Å²) in [5, 5.41) is 0. The van der Waals surface area contributed by atoms with Crippen LogP contribution in [0.3, 0.4) is 0 Å². The number of carbonyl (C=O) groups is 1. The second-order valence-corrected chi connectivity index (χ2v) is 3.44. The summed E-state index contributed by atoms with van der Waals surface area (Å²) >= 11 is 0. The van der Waals surface area contributed by atoms with E-state index in [0.29, 0.717) is 0 Å². The van der Waals surface area contributed by atoms with E-state index in [-0.39, 0.29) is 0 Å². The number of hydrogen-bond acceptors (Lipinski definition) is 1. The molecule has 0 fully saturated rings. The Kier molecular flexibility index (Phi) is 4.70. The largest absolute Gasteiger partial charge is 0.298 e. The van der Waals surface area contributed by atoms with Gasteiger partial charge in [-0.05, 0) is 37.3 Å². The average molecular weight is 188 g/mol. The minimum atomic E-state index is 0.832. The monoisotopic (exact) mass is 188 g/mol. The van der Waals surface area contributed by atoms with E-state index in [1.54, 1.807) is 0 Å². The van der Waals surface area contributed by atoms with Gasteiger partial charge in [-0.25, -0.2) is 0 Å². The molecular formula is C13H16O. The molecule has 1 aromatic rings. The average Bonchev–Trinajstić information content (AvgIpc) is 2.25. The molecule has 0 bridgehead atoms. The van der Waals surface area contributed by atoms with Gasteiger partial charge in [-0.2, -0.15) is 0 Å². The molecule has 1 aromatic carbocycles. The van der Waals surface area contributed by atoms with Crippen molar-refractivity contribution in [2.75, 3.05) is 0 Å². The van der Waals surface area contributed by atoms with Crippen molar-refractivity contribution < 1.29 is 4.79 Å². The third-order valence-corrected chi connectivity index (χ3v) is 2.16.